The van der Waals surface area contributed by atoms with Crippen LogP contribution in [-0.4, -0.2) is 25.8 Å². The summed E-state index contributed by atoms with van der Waals surface area (Å²) in [5, 5.41) is 2.98. The Morgan fingerprint density at radius 2 is 1.88 bits per heavy atom. The average molecular weight is 361 g/mol. The van der Waals surface area contributed by atoms with E-state index in [4.69, 9.17) is 0 Å². The van der Waals surface area contributed by atoms with Gasteiger partial charge in [-0.1, -0.05) is 36.4 Å². The predicted molar refractivity (Wildman–Crippen MR) is 95.9 cm³/mol. The van der Waals surface area contributed by atoms with E-state index in [-0.39, 0.29) is 17.7 Å². The summed E-state index contributed by atoms with van der Waals surface area (Å²) in [7, 11) is -3.23. The number of carbonyl (C=O) groups is 1. The summed E-state index contributed by atoms with van der Waals surface area (Å²) in [6.45, 7) is 2.02. The Labute approximate surface area is 146 Å². The Hall–Kier alpha value is -1.79. The molecule has 0 saturated carbocycles. The maximum Gasteiger partial charge on any atom is 0.230 e. The number of benzene rings is 2. The van der Waals surface area contributed by atoms with Crippen LogP contribution < -0.4 is 5.32 Å². The molecule has 24 heavy (non-hydrogen) atoms. The molecule has 1 N–H and O–H groups in total. The van der Waals surface area contributed by atoms with Crippen LogP contribution in [0, 0.1) is 6.92 Å². The second-order valence-corrected chi connectivity index (χ2v) is 8.91. The van der Waals surface area contributed by atoms with Crippen molar-refractivity contribution in [1.82, 2.24) is 5.32 Å². The van der Waals surface area contributed by atoms with Crippen LogP contribution in [0.25, 0.3) is 0 Å². The standard InChI is InChI=1S/C18H19NO3S2/c1-13-6-2-4-8-16(13)23-12-18(20)19-15-10-11-24(21,22)17-9-5-3-7-14(15)17/h2-9,15H,10-12H2,1H3,(H,19,20). The molecule has 6 heteroatoms. The second-order valence-electron chi connectivity index (χ2n) is 5.82. The fourth-order valence-electron chi connectivity index (χ4n) is 2.84. The van der Waals surface area contributed by atoms with Crippen molar-refractivity contribution in [2.24, 2.45) is 0 Å². The molecule has 126 valence electrons. The molecular weight excluding hydrogens is 342 g/mol. The maximum atomic E-state index is 12.3. The van der Waals surface area contributed by atoms with Crippen molar-refractivity contribution in [2.75, 3.05) is 11.5 Å². The molecule has 2 aromatic carbocycles. The summed E-state index contributed by atoms with van der Waals surface area (Å²) >= 11 is 1.49. The minimum absolute atomic E-state index is 0.0693. The van der Waals surface area contributed by atoms with Gasteiger partial charge in [-0.05, 0) is 36.6 Å². The Morgan fingerprint density at radius 1 is 1.17 bits per heavy atom. The van der Waals surface area contributed by atoms with Gasteiger partial charge < -0.3 is 5.32 Å². The van der Waals surface area contributed by atoms with E-state index in [1.54, 1.807) is 24.3 Å². The quantitative estimate of drug-likeness (QED) is 0.850. The van der Waals surface area contributed by atoms with Crippen LogP contribution in [0.1, 0.15) is 23.6 Å². The molecule has 2 aromatic rings. The Morgan fingerprint density at radius 3 is 2.67 bits per heavy atom. The number of nitrogens with one attached hydrogen (secondary N) is 1. The zero-order valence-corrected chi connectivity index (χ0v) is 15.0. The van der Waals surface area contributed by atoms with Crippen LogP contribution >= 0.6 is 11.8 Å². The first-order chi connectivity index (χ1) is 11.5. The molecule has 1 aliphatic rings. The van der Waals surface area contributed by atoms with E-state index in [2.05, 4.69) is 5.32 Å². The van der Waals surface area contributed by atoms with Crippen molar-refractivity contribution in [3.05, 3.63) is 59.7 Å². The van der Waals surface area contributed by atoms with Gasteiger partial charge in [0, 0.05) is 4.90 Å². The molecule has 1 amide bonds. The number of carbonyl (C=O) groups excluding carboxylic acids is 1. The van der Waals surface area contributed by atoms with Gasteiger partial charge in [-0.25, -0.2) is 8.42 Å². The molecule has 3 rings (SSSR count). The van der Waals surface area contributed by atoms with E-state index >= 15 is 0 Å². The van der Waals surface area contributed by atoms with Gasteiger partial charge in [-0.2, -0.15) is 0 Å². The van der Waals surface area contributed by atoms with Crippen LogP contribution in [-0.2, 0) is 14.6 Å². The fraction of sp³-hybridized carbons (Fsp3) is 0.278. The third-order valence-electron chi connectivity index (χ3n) is 4.09. The van der Waals surface area contributed by atoms with Crippen LogP contribution in [0.15, 0.2) is 58.3 Å². The van der Waals surface area contributed by atoms with Gasteiger partial charge in [0.15, 0.2) is 9.84 Å². The lowest BCUT2D eigenvalue weighted by Crippen LogP contribution is -2.34. The van der Waals surface area contributed by atoms with Gasteiger partial charge in [-0.15, -0.1) is 11.8 Å². The highest BCUT2D eigenvalue weighted by molar-refractivity contribution is 8.00. The van der Waals surface area contributed by atoms with Crippen molar-refractivity contribution in [3.8, 4) is 0 Å². The van der Waals surface area contributed by atoms with Gasteiger partial charge in [-0.3, -0.25) is 4.79 Å². The van der Waals surface area contributed by atoms with Gasteiger partial charge in [0.05, 0.1) is 22.4 Å². The monoisotopic (exact) mass is 361 g/mol. The van der Waals surface area contributed by atoms with Crippen molar-refractivity contribution in [2.45, 2.75) is 29.2 Å². The Kier molecular flexibility index (Phi) is 4.96. The van der Waals surface area contributed by atoms with Crippen LogP contribution in [0.5, 0.6) is 0 Å². The highest BCUT2D eigenvalue weighted by Crippen LogP contribution is 2.32. The summed E-state index contributed by atoms with van der Waals surface area (Å²) in [6.07, 6.45) is 0.417. The van der Waals surface area contributed by atoms with Gasteiger partial charge in [0.1, 0.15) is 0 Å². The number of fused-ring (bicyclic) bond motifs is 1. The molecule has 0 saturated heterocycles. The third-order valence-corrected chi connectivity index (χ3v) is 7.08. The van der Waals surface area contributed by atoms with Gasteiger partial charge in [0.25, 0.3) is 0 Å². The van der Waals surface area contributed by atoms with E-state index in [9.17, 15) is 13.2 Å². The molecule has 0 radical (unpaired) electrons. The summed E-state index contributed by atoms with van der Waals surface area (Å²) in [5.41, 5.74) is 1.84. The lowest BCUT2D eigenvalue weighted by atomic mass is 10.0. The summed E-state index contributed by atoms with van der Waals surface area (Å²) < 4.78 is 24.3. The molecule has 0 spiro atoms. The summed E-state index contributed by atoms with van der Waals surface area (Å²) in [6, 6.07) is 14.6. The molecule has 0 aromatic heterocycles. The zero-order chi connectivity index (χ0) is 17.2. The number of rotatable bonds is 4. The number of hydrogen-bond donors (Lipinski definition) is 1. The zero-order valence-electron chi connectivity index (χ0n) is 13.4. The molecule has 0 fully saturated rings. The summed E-state index contributed by atoms with van der Waals surface area (Å²) in [5.74, 6) is 0.304. The normalized spacial score (nSPS) is 18.6. The van der Waals surface area contributed by atoms with Crippen LogP contribution in [0.3, 0.4) is 0 Å². The number of aryl methyl sites for hydroxylation is 1. The van der Waals surface area contributed by atoms with E-state index in [0.717, 1.165) is 10.5 Å². The predicted octanol–water partition coefficient (Wildman–Crippen LogP) is 3.12. The van der Waals surface area contributed by atoms with Crippen LogP contribution in [0.4, 0.5) is 0 Å². The van der Waals surface area contributed by atoms with Crippen molar-refractivity contribution < 1.29 is 13.2 Å². The SMILES string of the molecule is Cc1ccccc1SCC(=O)NC1CCS(=O)(=O)c2ccccc21. The molecule has 1 unspecified atom stereocenters. The number of sulfone groups is 1. The number of hydrogen-bond acceptors (Lipinski definition) is 4. The van der Waals surface area contributed by atoms with Crippen LogP contribution in [0.2, 0.25) is 0 Å². The topological polar surface area (TPSA) is 63.2 Å². The number of thioether (sulfide) groups is 1. The second kappa shape index (κ2) is 6.99. The smallest absolute Gasteiger partial charge is 0.230 e. The van der Waals surface area contributed by atoms with E-state index < -0.39 is 9.84 Å². The van der Waals surface area contributed by atoms with E-state index in [0.29, 0.717) is 22.6 Å². The maximum absolute atomic E-state index is 12.3. The average Bonchev–Trinajstić information content (AvgIpc) is 2.57. The minimum Gasteiger partial charge on any atom is -0.348 e. The minimum atomic E-state index is -3.23. The van der Waals surface area contributed by atoms with E-state index in [1.807, 2.05) is 31.2 Å². The first kappa shape index (κ1) is 17.0. The Bertz CT molecular complexity index is 862. The first-order valence-corrected chi connectivity index (χ1v) is 10.4. The largest absolute Gasteiger partial charge is 0.348 e. The molecule has 1 heterocycles. The van der Waals surface area contributed by atoms with Gasteiger partial charge >= 0.3 is 0 Å². The molecule has 1 aliphatic heterocycles. The third kappa shape index (κ3) is 3.65. The summed E-state index contributed by atoms with van der Waals surface area (Å²) in [4.78, 5) is 13.7. The molecule has 0 bridgehead atoms. The first-order valence-electron chi connectivity index (χ1n) is 7.77. The van der Waals surface area contributed by atoms with Crippen molar-refractivity contribution in [3.63, 3.8) is 0 Å². The lowest BCUT2D eigenvalue weighted by Gasteiger charge is -2.26. The Balaban J connectivity index is 1.68. The molecule has 4 nitrogen and oxygen atoms in total. The van der Waals surface area contributed by atoms with Gasteiger partial charge in [0.2, 0.25) is 5.91 Å². The lowest BCUT2D eigenvalue weighted by molar-refractivity contribution is -0.119. The van der Waals surface area contributed by atoms with Crippen molar-refractivity contribution in [1.29, 1.82) is 0 Å². The number of amides is 1. The highest BCUT2D eigenvalue weighted by atomic mass is 32.2. The van der Waals surface area contributed by atoms with E-state index in [1.165, 1.54) is 11.8 Å². The highest BCUT2D eigenvalue weighted by Gasteiger charge is 2.30. The molecule has 0 aliphatic carbocycles. The molecular formula is C18H19NO3S2. The van der Waals surface area contributed by atoms with Crippen molar-refractivity contribution >= 4 is 27.5 Å². The fourth-order valence-corrected chi connectivity index (χ4v) is 5.30. The molecule has 1 atom stereocenters.